The van der Waals surface area contributed by atoms with E-state index in [1.807, 2.05) is 0 Å². The molecular weight excluding hydrogens is 805 g/mol. The van der Waals surface area contributed by atoms with Crippen molar-refractivity contribution in [3.63, 3.8) is 0 Å². The highest BCUT2D eigenvalue weighted by atomic mass is 16.6. The van der Waals surface area contributed by atoms with Crippen molar-refractivity contribution in [1.29, 1.82) is 0 Å². The summed E-state index contributed by atoms with van der Waals surface area (Å²) in [4.78, 5) is 38.0. The Hall–Kier alpha value is -1.85. The molecule has 0 aliphatic carbocycles. The minimum atomic E-state index is -0.763. The molecule has 0 heterocycles. The van der Waals surface area contributed by atoms with Crippen molar-refractivity contribution in [2.45, 2.75) is 335 Å². The first-order chi connectivity index (χ1) is 32.0. The summed E-state index contributed by atoms with van der Waals surface area (Å²) in [5.74, 6) is -0.843. The van der Waals surface area contributed by atoms with Gasteiger partial charge in [0.25, 0.3) is 0 Å². The highest BCUT2D eigenvalue weighted by Crippen LogP contribution is 2.17. The molecule has 384 valence electrons. The number of hydrogen-bond donors (Lipinski definition) is 0. The van der Waals surface area contributed by atoms with Crippen LogP contribution in [0.1, 0.15) is 329 Å². The predicted molar refractivity (Wildman–Crippen MR) is 280 cm³/mol. The third-order valence-electron chi connectivity index (χ3n) is 13.3. The maximum Gasteiger partial charge on any atom is 0.306 e. The summed E-state index contributed by atoms with van der Waals surface area (Å²) in [6.07, 6.45) is 62.1. The van der Waals surface area contributed by atoms with E-state index in [0.29, 0.717) is 19.3 Å². The number of rotatable bonds is 54. The van der Waals surface area contributed by atoms with Gasteiger partial charge in [0.15, 0.2) is 6.10 Å². The number of unbranched alkanes of at least 4 members (excludes halogenated alkanes) is 41. The average Bonchev–Trinajstić information content (AvgIpc) is 3.30. The van der Waals surface area contributed by atoms with E-state index < -0.39 is 6.10 Å². The summed E-state index contributed by atoms with van der Waals surface area (Å²) >= 11 is 0. The summed E-state index contributed by atoms with van der Waals surface area (Å²) in [7, 11) is 0. The van der Waals surface area contributed by atoms with Gasteiger partial charge in [-0.25, -0.2) is 0 Å². The maximum absolute atomic E-state index is 12.8. The Bertz CT molecular complexity index is 1010. The van der Waals surface area contributed by atoms with Gasteiger partial charge in [-0.2, -0.15) is 0 Å². The van der Waals surface area contributed by atoms with E-state index in [2.05, 4.69) is 32.9 Å². The Morgan fingerprint density at radius 2 is 0.508 bits per heavy atom. The van der Waals surface area contributed by atoms with Crippen LogP contribution in [0.2, 0.25) is 0 Å². The van der Waals surface area contributed by atoms with Crippen LogP contribution in [0, 0.1) is 0 Å². The van der Waals surface area contributed by atoms with Crippen LogP contribution >= 0.6 is 0 Å². The minimum absolute atomic E-state index is 0.0641. The fraction of sp³-hybridized carbons (Fsp3) is 0.915. The lowest BCUT2D eigenvalue weighted by Gasteiger charge is -2.18. The van der Waals surface area contributed by atoms with Gasteiger partial charge in [-0.15, -0.1) is 0 Å². The lowest BCUT2D eigenvalue weighted by molar-refractivity contribution is -0.167. The van der Waals surface area contributed by atoms with Crippen molar-refractivity contribution in [3.8, 4) is 0 Å². The normalized spacial score (nSPS) is 12.0. The molecule has 1 atom stereocenters. The Kier molecular flexibility index (Phi) is 53.2. The number of allylic oxidation sites excluding steroid dienone is 2. The molecule has 0 radical (unpaired) electrons. The molecule has 1 unspecified atom stereocenters. The molecule has 0 spiro atoms. The molecule has 0 aliphatic heterocycles. The lowest BCUT2D eigenvalue weighted by Crippen LogP contribution is -2.30. The van der Waals surface area contributed by atoms with Crippen molar-refractivity contribution in [1.82, 2.24) is 0 Å². The third kappa shape index (κ3) is 53.0. The van der Waals surface area contributed by atoms with Crippen LogP contribution in [-0.2, 0) is 28.6 Å². The Labute approximate surface area is 405 Å². The highest BCUT2D eigenvalue weighted by Gasteiger charge is 2.19. The van der Waals surface area contributed by atoms with Gasteiger partial charge in [-0.3, -0.25) is 14.4 Å². The fourth-order valence-electron chi connectivity index (χ4n) is 8.85. The summed E-state index contributed by atoms with van der Waals surface area (Å²) in [5, 5.41) is 0. The molecule has 0 bridgehead atoms. The zero-order valence-electron chi connectivity index (χ0n) is 44.0. The van der Waals surface area contributed by atoms with E-state index in [1.165, 1.54) is 231 Å². The predicted octanol–water partition coefficient (Wildman–Crippen LogP) is 19.3. The Morgan fingerprint density at radius 1 is 0.292 bits per heavy atom. The minimum Gasteiger partial charge on any atom is -0.462 e. The zero-order chi connectivity index (χ0) is 47.2. The molecule has 0 aromatic heterocycles. The molecule has 0 aromatic rings. The van der Waals surface area contributed by atoms with Crippen molar-refractivity contribution < 1.29 is 28.6 Å². The first kappa shape index (κ1) is 63.1. The lowest BCUT2D eigenvalue weighted by atomic mass is 10.0. The van der Waals surface area contributed by atoms with Crippen molar-refractivity contribution >= 4 is 17.9 Å². The molecule has 6 heteroatoms. The zero-order valence-corrected chi connectivity index (χ0v) is 44.0. The maximum atomic E-state index is 12.8. The first-order valence-electron chi connectivity index (χ1n) is 29.2. The molecule has 65 heavy (non-hydrogen) atoms. The van der Waals surface area contributed by atoms with E-state index >= 15 is 0 Å². The van der Waals surface area contributed by atoms with Gasteiger partial charge in [0, 0.05) is 19.3 Å². The molecule has 0 amide bonds. The molecule has 0 fully saturated rings. The summed E-state index contributed by atoms with van der Waals surface area (Å²) in [6, 6.07) is 0. The number of hydrogen-bond acceptors (Lipinski definition) is 6. The van der Waals surface area contributed by atoms with Crippen LogP contribution in [0.25, 0.3) is 0 Å². The van der Waals surface area contributed by atoms with Crippen LogP contribution in [0.5, 0.6) is 0 Å². The highest BCUT2D eigenvalue weighted by molar-refractivity contribution is 5.71. The molecule has 0 saturated carbocycles. The van der Waals surface area contributed by atoms with Crippen molar-refractivity contribution in [3.05, 3.63) is 12.2 Å². The second-order valence-corrected chi connectivity index (χ2v) is 19.9. The standard InChI is InChI=1S/C59H112O6/c1-4-7-10-13-16-19-22-25-26-27-28-29-30-31-32-33-34-35-38-40-43-46-49-52-58(61)64-55-56(65-59(62)53-50-47-44-41-37-24-21-18-15-12-9-6-3)54-63-57(60)51-48-45-42-39-36-23-20-17-14-11-8-5-2/h27-28,56H,4-26,29-55H2,1-3H3/b28-27-. The fourth-order valence-corrected chi connectivity index (χ4v) is 8.85. The summed E-state index contributed by atoms with van der Waals surface area (Å²) < 4.78 is 16.9. The van der Waals surface area contributed by atoms with Gasteiger partial charge < -0.3 is 14.2 Å². The van der Waals surface area contributed by atoms with Crippen molar-refractivity contribution in [2.75, 3.05) is 13.2 Å². The Morgan fingerprint density at radius 3 is 0.769 bits per heavy atom. The number of carbonyl (C=O) groups excluding carboxylic acids is 3. The van der Waals surface area contributed by atoms with E-state index in [4.69, 9.17) is 14.2 Å². The third-order valence-corrected chi connectivity index (χ3v) is 13.3. The number of esters is 3. The van der Waals surface area contributed by atoms with Gasteiger partial charge in [0.1, 0.15) is 13.2 Å². The van der Waals surface area contributed by atoms with E-state index in [-0.39, 0.29) is 31.1 Å². The van der Waals surface area contributed by atoms with Gasteiger partial charge in [0.2, 0.25) is 0 Å². The summed E-state index contributed by atoms with van der Waals surface area (Å²) in [5.41, 5.74) is 0. The molecule has 0 aromatic carbocycles. The van der Waals surface area contributed by atoms with Gasteiger partial charge in [-0.1, -0.05) is 277 Å². The molecular formula is C59H112O6. The number of ether oxygens (including phenoxy) is 3. The smallest absolute Gasteiger partial charge is 0.306 e. The molecule has 0 aliphatic rings. The van der Waals surface area contributed by atoms with Gasteiger partial charge in [0.05, 0.1) is 0 Å². The van der Waals surface area contributed by atoms with E-state index in [0.717, 1.165) is 57.8 Å². The van der Waals surface area contributed by atoms with Crippen LogP contribution in [0.3, 0.4) is 0 Å². The second-order valence-electron chi connectivity index (χ2n) is 19.9. The van der Waals surface area contributed by atoms with Gasteiger partial charge >= 0.3 is 17.9 Å². The Balaban J connectivity index is 4.19. The average molecular weight is 918 g/mol. The quantitative estimate of drug-likeness (QED) is 0.0262. The van der Waals surface area contributed by atoms with Crippen LogP contribution in [0.15, 0.2) is 12.2 Å². The molecule has 0 N–H and O–H groups in total. The number of carbonyl (C=O) groups is 3. The topological polar surface area (TPSA) is 78.9 Å². The SMILES string of the molecule is CCCCCCCCCC/C=C\CCCCCCCCCCCCCC(=O)OCC(COC(=O)CCCCCCCCCCCCCC)OC(=O)CCCCCCCCCCCCCC. The first-order valence-corrected chi connectivity index (χ1v) is 29.2. The van der Waals surface area contributed by atoms with E-state index in [9.17, 15) is 14.4 Å². The molecule has 0 rings (SSSR count). The molecule has 6 nitrogen and oxygen atoms in total. The van der Waals surface area contributed by atoms with Crippen LogP contribution < -0.4 is 0 Å². The van der Waals surface area contributed by atoms with E-state index in [1.54, 1.807) is 0 Å². The second kappa shape index (κ2) is 54.8. The monoisotopic (exact) mass is 917 g/mol. The van der Waals surface area contributed by atoms with Gasteiger partial charge in [-0.05, 0) is 44.9 Å². The summed E-state index contributed by atoms with van der Waals surface area (Å²) in [6.45, 7) is 6.68. The van der Waals surface area contributed by atoms with Crippen molar-refractivity contribution in [2.24, 2.45) is 0 Å². The van der Waals surface area contributed by atoms with Crippen LogP contribution in [-0.4, -0.2) is 37.2 Å². The largest absolute Gasteiger partial charge is 0.462 e. The molecule has 0 saturated heterocycles. The van der Waals surface area contributed by atoms with Crippen LogP contribution in [0.4, 0.5) is 0 Å².